The van der Waals surface area contributed by atoms with Gasteiger partial charge in [0.05, 0.1) is 0 Å². The van der Waals surface area contributed by atoms with Crippen LogP contribution in [0.1, 0.15) is 17.0 Å². The molecule has 3 aromatic rings. The van der Waals surface area contributed by atoms with Crippen LogP contribution in [-0.4, -0.2) is 47.8 Å². The van der Waals surface area contributed by atoms with Crippen molar-refractivity contribution in [3.63, 3.8) is 0 Å². The van der Waals surface area contributed by atoms with Crippen LogP contribution >= 0.6 is 0 Å². The van der Waals surface area contributed by atoms with Gasteiger partial charge in [-0.3, -0.25) is 4.90 Å². The molecule has 2 N–H and O–H groups in total. The molecule has 0 bridgehead atoms. The summed E-state index contributed by atoms with van der Waals surface area (Å²) in [6, 6.07) is 16.7. The summed E-state index contributed by atoms with van der Waals surface area (Å²) in [7, 11) is 0. The molecule has 0 saturated carbocycles. The first-order valence-electron chi connectivity index (χ1n) is 9.87. The van der Waals surface area contributed by atoms with Crippen LogP contribution in [-0.2, 0) is 13.0 Å². The Kier molecular flexibility index (Phi) is 5.69. The van der Waals surface area contributed by atoms with Gasteiger partial charge in [-0.25, -0.2) is 0 Å². The highest BCUT2D eigenvalue weighted by atomic mass is 16.5. The lowest BCUT2D eigenvalue weighted by Crippen LogP contribution is -2.47. The van der Waals surface area contributed by atoms with Crippen molar-refractivity contribution in [1.29, 1.82) is 0 Å². The van der Waals surface area contributed by atoms with Crippen molar-refractivity contribution in [2.45, 2.75) is 19.9 Å². The normalized spacial score (nSPS) is 15.1. The maximum absolute atomic E-state index is 5.64. The second-order valence-electron chi connectivity index (χ2n) is 7.33. The summed E-state index contributed by atoms with van der Waals surface area (Å²) in [5.41, 5.74) is 10.3. The van der Waals surface area contributed by atoms with Gasteiger partial charge >= 0.3 is 0 Å². The standard InChI is InChI=1S/C22H27N5O/c1-17-3-2-4-20(15-17)27-13-11-26(12-14-27)10-9-21-24-22(25-28-21)19-7-5-18(16-23)6-8-19/h2-8,15H,9-14,16,23H2,1H3. The third-order valence-electron chi connectivity index (χ3n) is 5.30. The van der Waals surface area contributed by atoms with E-state index in [1.807, 2.05) is 24.3 Å². The summed E-state index contributed by atoms with van der Waals surface area (Å²) >= 11 is 0. The third-order valence-corrected chi connectivity index (χ3v) is 5.30. The molecule has 1 aromatic heterocycles. The van der Waals surface area contributed by atoms with Gasteiger partial charge in [-0.1, -0.05) is 41.6 Å². The number of nitrogens with two attached hydrogens (primary N) is 1. The zero-order chi connectivity index (χ0) is 19.3. The molecule has 0 amide bonds. The molecule has 6 nitrogen and oxygen atoms in total. The molecule has 0 aliphatic carbocycles. The number of piperazine rings is 1. The van der Waals surface area contributed by atoms with E-state index < -0.39 is 0 Å². The van der Waals surface area contributed by atoms with E-state index in [2.05, 4.69) is 51.1 Å². The number of benzene rings is 2. The summed E-state index contributed by atoms with van der Waals surface area (Å²) in [6.45, 7) is 7.82. The number of rotatable bonds is 6. The molecule has 1 aliphatic rings. The number of aryl methyl sites for hydroxylation is 1. The predicted octanol–water partition coefficient (Wildman–Crippen LogP) is 2.87. The van der Waals surface area contributed by atoms with E-state index >= 15 is 0 Å². The van der Waals surface area contributed by atoms with E-state index in [0.717, 1.165) is 50.3 Å². The lowest BCUT2D eigenvalue weighted by molar-refractivity contribution is 0.249. The fraction of sp³-hybridized carbons (Fsp3) is 0.364. The minimum Gasteiger partial charge on any atom is -0.369 e. The Morgan fingerprint density at radius 2 is 1.82 bits per heavy atom. The topological polar surface area (TPSA) is 71.4 Å². The first-order valence-corrected chi connectivity index (χ1v) is 9.87. The SMILES string of the molecule is Cc1cccc(N2CCN(CCc3nc(-c4ccc(CN)cc4)no3)CC2)c1. The predicted molar refractivity (Wildman–Crippen MR) is 111 cm³/mol. The van der Waals surface area contributed by atoms with Crippen LogP contribution in [0.4, 0.5) is 5.69 Å². The average molecular weight is 377 g/mol. The monoisotopic (exact) mass is 377 g/mol. The molecular formula is C22H27N5O. The van der Waals surface area contributed by atoms with Crippen molar-refractivity contribution in [3.8, 4) is 11.4 Å². The Labute approximate surface area is 166 Å². The largest absolute Gasteiger partial charge is 0.369 e. The van der Waals surface area contributed by atoms with E-state index in [0.29, 0.717) is 18.3 Å². The maximum Gasteiger partial charge on any atom is 0.228 e. The van der Waals surface area contributed by atoms with Crippen molar-refractivity contribution >= 4 is 5.69 Å². The second-order valence-corrected chi connectivity index (χ2v) is 7.33. The highest BCUT2D eigenvalue weighted by Gasteiger charge is 2.18. The molecule has 6 heteroatoms. The number of hydrogen-bond acceptors (Lipinski definition) is 6. The Hall–Kier alpha value is -2.70. The van der Waals surface area contributed by atoms with Crippen LogP contribution in [0, 0.1) is 6.92 Å². The number of aromatic nitrogens is 2. The molecule has 0 unspecified atom stereocenters. The lowest BCUT2D eigenvalue weighted by Gasteiger charge is -2.36. The molecule has 0 spiro atoms. The van der Waals surface area contributed by atoms with Crippen molar-refractivity contribution in [2.75, 3.05) is 37.6 Å². The van der Waals surface area contributed by atoms with Gasteiger partial charge in [0.1, 0.15) is 0 Å². The van der Waals surface area contributed by atoms with Crippen molar-refractivity contribution < 1.29 is 4.52 Å². The quantitative estimate of drug-likeness (QED) is 0.712. The van der Waals surface area contributed by atoms with E-state index in [1.165, 1.54) is 11.3 Å². The summed E-state index contributed by atoms with van der Waals surface area (Å²) in [4.78, 5) is 9.47. The Balaban J connectivity index is 1.28. The van der Waals surface area contributed by atoms with E-state index in [4.69, 9.17) is 10.3 Å². The lowest BCUT2D eigenvalue weighted by atomic mass is 10.1. The van der Waals surface area contributed by atoms with Crippen LogP contribution in [0.25, 0.3) is 11.4 Å². The molecule has 1 saturated heterocycles. The smallest absolute Gasteiger partial charge is 0.228 e. The van der Waals surface area contributed by atoms with Gasteiger partial charge in [-0.05, 0) is 30.2 Å². The zero-order valence-corrected chi connectivity index (χ0v) is 16.3. The van der Waals surface area contributed by atoms with E-state index in [1.54, 1.807) is 0 Å². The van der Waals surface area contributed by atoms with Gasteiger partial charge in [-0.15, -0.1) is 0 Å². The number of hydrogen-bond donors (Lipinski definition) is 1. The molecule has 2 heterocycles. The van der Waals surface area contributed by atoms with E-state index in [-0.39, 0.29) is 0 Å². The van der Waals surface area contributed by atoms with Crippen LogP contribution in [0.5, 0.6) is 0 Å². The number of nitrogens with zero attached hydrogens (tertiary/aromatic N) is 4. The minimum atomic E-state index is 0.537. The van der Waals surface area contributed by atoms with Crippen LogP contribution in [0.2, 0.25) is 0 Å². The van der Waals surface area contributed by atoms with Crippen LogP contribution in [0.15, 0.2) is 53.1 Å². The summed E-state index contributed by atoms with van der Waals surface area (Å²) < 4.78 is 5.45. The van der Waals surface area contributed by atoms with Crippen molar-refractivity contribution in [3.05, 3.63) is 65.5 Å². The second kappa shape index (κ2) is 8.54. The molecule has 146 valence electrons. The molecule has 0 radical (unpaired) electrons. The molecule has 28 heavy (non-hydrogen) atoms. The van der Waals surface area contributed by atoms with Crippen LogP contribution < -0.4 is 10.6 Å². The molecule has 2 aromatic carbocycles. The van der Waals surface area contributed by atoms with Crippen molar-refractivity contribution in [2.24, 2.45) is 5.73 Å². The third kappa shape index (κ3) is 4.40. The Morgan fingerprint density at radius 1 is 1.04 bits per heavy atom. The zero-order valence-electron chi connectivity index (χ0n) is 16.3. The molecule has 1 fully saturated rings. The number of anilines is 1. The van der Waals surface area contributed by atoms with Crippen LogP contribution in [0.3, 0.4) is 0 Å². The van der Waals surface area contributed by atoms with Gasteiger partial charge in [0.25, 0.3) is 0 Å². The molecule has 1 aliphatic heterocycles. The first-order chi connectivity index (χ1) is 13.7. The van der Waals surface area contributed by atoms with Gasteiger partial charge < -0.3 is 15.2 Å². The first kappa shape index (κ1) is 18.7. The highest BCUT2D eigenvalue weighted by molar-refractivity contribution is 5.54. The maximum atomic E-state index is 5.64. The Morgan fingerprint density at radius 3 is 2.54 bits per heavy atom. The highest BCUT2D eigenvalue weighted by Crippen LogP contribution is 2.19. The van der Waals surface area contributed by atoms with Gasteiger partial charge in [-0.2, -0.15) is 4.98 Å². The average Bonchev–Trinajstić information content (AvgIpc) is 3.22. The van der Waals surface area contributed by atoms with E-state index in [9.17, 15) is 0 Å². The minimum absolute atomic E-state index is 0.537. The summed E-state index contributed by atoms with van der Waals surface area (Å²) in [6.07, 6.45) is 0.776. The summed E-state index contributed by atoms with van der Waals surface area (Å²) in [5.74, 6) is 1.34. The Bertz CT molecular complexity index is 897. The van der Waals surface area contributed by atoms with Crippen molar-refractivity contribution in [1.82, 2.24) is 15.0 Å². The molecule has 0 atom stereocenters. The summed E-state index contributed by atoms with van der Waals surface area (Å²) in [5, 5.41) is 4.12. The van der Waals surface area contributed by atoms with Gasteiger partial charge in [0.15, 0.2) is 0 Å². The fourth-order valence-electron chi connectivity index (χ4n) is 3.57. The van der Waals surface area contributed by atoms with Gasteiger partial charge in [0, 0.05) is 56.9 Å². The molecular weight excluding hydrogens is 350 g/mol. The molecule has 4 rings (SSSR count). The van der Waals surface area contributed by atoms with Gasteiger partial charge in [0.2, 0.25) is 11.7 Å². The fourth-order valence-corrected chi connectivity index (χ4v) is 3.57.